The molecule has 31 heavy (non-hydrogen) atoms. The molecule has 3 rings (SSSR count). The topological polar surface area (TPSA) is 67.9 Å². The Bertz CT molecular complexity index is 1020. The van der Waals surface area contributed by atoms with Gasteiger partial charge in [0.15, 0.2) is 11.5 Å². The number of methoxy groups -OCH3 is 2. The quantitative estimate of drug-likeness (QED) is 0.530. The van der Waals surface area contributed by atoms with Crippen molar-refractivity contribution in [3.8, 4) is 11.5 Å². The van der Waals surface area contributed by atoms with Gasteiger partial charge in [-0.1, -0.05) is 23.2 Å². The number of unbranched alkanes of at least 4 members (excludes halogenated alkanes) is 1. The van der Waals surface area contributed by atoms with Gasteiger partial charge in [0.2, 0.25) is 10.0 Å². The SMILES string of the molecule is COc1cc2c(cc1OC)CN(CCCCNS(=O)(=O)c1c(C)cc(Cl)cc1Cl)CC2. The Labute approximate surface area is 194 Å². The summed E-state index contributed by atoms with van der Waals surface area (Å²) in [5, 5.41) is 0.553. The average molecular weight is 487 g/mol. The molecule has 0 radical (unpaired) electrons. The molecule has 0 bridgehead atoms. The van der Waals surface area contributed by atoms with Gasteiger partial charge in [0.05, 0.1) is 19.2 Å². The lowest BCUT2D eigenvalue weighted by molar-refractivity contribution is 0.248. The van der Waals surface area contributed by atoms with Crippen LogP contribution in [-0.4, -0.2) is 47.2 Å². The Kier molecular flexibility index (Phi) is 8.10. The molecule has 0 unspecified atom stereocenters. The zero-order chi connectivity index (χ0) is 22.6. The van der Waals surface area contributed by atoms with Crippen molar-refractivity contribution >= 4 is 33.2 Å². The van der Waals surface area contributed by atoms with Gasteiger partial charge in [-0.3, -0.25) is 4.90 Å². The molecule has 0 aromatic heterocycles. The monoisotopic (exact) mass is 486 g/mol. The molecule has 0 atom stereocenters. The van der Waals surface area contributed by atoms with Crippen LogP contribution in [0.1, 0.15) is 29.5 Å². The van der Waals surface area contributed by atoms with E-state index in [1.807, 2.05) is 6.07 Å². The highest BCUT2D eigenvalue weighted by atomic mass is 35.5. The van der Waals surface area contributed by atoms with Gasteiger partial charge in [-0.05, 0) is 73.7 Å². The lowest BCUT2D eigenvalue weighted by Gasteiger charge is -2.29. The van der Waals surface area contributed by atoms with Crippen molar-refractivity contribution in [1.29, 1.82) is 0 Å². The second kappa shape index (κ2) is 10.4. The minimum atomic E-state index is -3.68. The fourth-order valence-electron chi connectivity index (χ4n) is 3.90. The van der Waals surface area contributed by atoms with Gasteiger partial charge in [-0.15, -0.1) is 0 Å². The third-order valence-corrected chi connectivity index (χ3v) is 7.74. The third-order valence-electron chi connectivity index (χ3n) is 5.45. The highest BCUT2D eigenvalue weighted by Gasteiger charge is 2.21. The first-order chi connectivity index (χ1) is 14.7. The van der Waals surface area contributed by atoms with Crippen molar-refractivity contribution in [3.63, 3.8) is 0 Å². The maximum Gasteiger partial charge on any atom is 0.242 e. The number of rotatable bonds is 9. The molecule has 0 spiro atoms. The standard InChI is InChI=1S/C22H28Cl2N2O4S/c1-15-10-18(23)13-19(24)22(15)31(27,28)25-7-4-5-8-26-9-6-16-11-20(29-2)21(30-3)12-17(16)14-26/h10-13,25H,4-9,14H2,1-3H3. The predicted octanol–water partition coefficient (Wildman–Crippen LogP) is 4.44. The number of fused-ring (bicyclic) bond motifs is 1. The van der Waals surface area contributed by atoms with E-state index in [1.165, 1.54) is 17.2 Å². The maximum absolute atomic E-state index is 12.6. The van der Waals surface area contributed by atoms with Gasteiger partial charge in [-0.2, -0.15) is 0 Å². The number of halogens is 2. The first-order valence-electron chi connectivity index (χ1n) is 10.2. The van der Waals surface area contributed by atoms with Crippen molar-refractivity contribution in [3.05, 3.63) is 51.0 Å². The van der Waals surface area contributed by atoms with Gasteiger partial charge in [0, 0.05) is 24.7 Å². The highest BCUT2D eigenvalue weighted by Crippen LogP contribution is 2.33. The van der Waals surface area contributed by atoms with Crippen molar-refractivity contribution in [2.75, 3.05) is 33.9 Å². The van der Waals surface area contributed by atoms with E-state index in [2.05, 4.69) is 15.7 Å². The number of aryl methyl sites for hydroxylation is 1. The van der Waals surface area contributed by atoms with E-state index in [4.69, 9.17) is 32.7 Å². The molecule has 0 fully saturated rings. The smallest absolute Gasteiger partial charge is 0.242 e. The Balaban J connectivity index is 1.50. The Hall–Kier alpha value is -1.51. The second-order valence-corrected chi connectivity index (χ2v) is 10.2. The lowest BCUT2D eigenvalue weighted by Crippen LogP contribution is -2.32. The number of hydrogen-bond acceptors (Lipinski definition) is 5. The number of benzene rings is 2. The Morgan fingerprint density at radius 1 is 1.03 bits per heavy atom. The zero-order valence-corrected chi connectivity index (χ0v) is 20.3. The molecule has 6 nitrogen and oxygen atoms in total. The molecule has 2 aromatic carbocycles. The molecular formula is C22H28Cl2N2O4S. The lowest BCUT2D eigenvalue weighted by atomic mass is 9.98. The Morgan fingerprint density at radius 3 is 2.35 bits per heavy atom. The van der Waals surface area contributed by atoms with Crippen LogP contribution in [0.2, 0.25) is 10.0 Å². The van der Waals surface area contributed by atoms with E-state index >= 15 is 0 Å². The van der Waals surface area contributed by atoms with Crippen molar-refractivity contribution in [2.45, 2.75) is 37.6 Å². The summed E-state index contributed by atoms with van der Waals surface area (Å²) >= 11 is 12.1. The van der Waals surface area contributed by atoms with Gasteiger partial charge in [0.25, 0.3) is 0 Å². The minimum Gasteiger partial charge on any atom is -0.493 e. The van der Waals surface area contributed by atoms with Crippen LogP contribution >= 0.6 is 23.2 Å². The predicted molar refractivity (Wildman–Crippen MR) is 124 cm³/mol. The number of sulfonamides is 1. The summed E-state index contributed by atoms with van der Waals surface area (Å²) in [7, 11) is -0.386. The van der Waals surface area contributed by atoms with Crippen molar-refractivity contribution < 1.29 is 17.9 Å². The summed E-state index contributed by atoms with van der Waals surface area (Å²) in [6.45, 7) is 4.76. The summed E-state index contributed by atoms with van der Waals surface area (Å²) < 4.78 is 38.7. The third kappa shape index (κ3) is 5.84. The largest absolute Gasteiger partial charge is 0.493 e. The summed E-state index contributed by atoms with van der Waals surface area (Å²) in [5.41, 5.74) is 3.07. The van der Waals surface area contributed by atoms with E-state index in [0.717, 1.165) is 50.4 Å². The second-order valence-electron chi connectivity index (χ2n) is 7.64. The first kappa shape index (κ1) is 24.1. The van der Waals surface area contributed by atoms with E-state index in [0.29, 0.717) is 17.1 Å². The minimum absolute atomic E-state index is 0.0931. The van der Waals surface area contributed by atoms with Crippen LogP contribution in [-0.2, 0) is 23.0 Å². The van der Waals surface area contributed by atoms with E-state index in [-0.39, 0.29) is 9.92 Å². The van der Waals surface area contributed by atoms with Crippen molar-refractivity contribution in [2.24, 2.45) is 0 Å². The average Bonchev–Trinajstić information content (AvgIpc) is 2.71. The van der Waals surface area contributed by atoms with Gasteiger partial charge >= 0.3 is 0 Å². The Morgan fingerprint density at radius 2 is 1.71 bits per heavy atom. The summed E-state index contributed by atoms with van der Waals surface area (Å²) in [6, 6.07) is 7.15. The molecular weight excluding hydrogens is 459 g/mol. The van der Waals surface area contributed by atoms with E-state index in [9.17, 15) is 8.42 Å². The van der Waals surface area contributed by atoms with Gasteiger partial charge in [-0.25, -0.2) is 13.1 Å². The molecule has 0 saturated heterocycles. The molecule has 1 aliphatic heterocycles. The summed E-state index contributed by atoms with van der Waals surface area (Å²) in [6.07, 6.45) is 2.58. The van der Waals surface area contributed by atoms with Crippen LogP contribution in [0, 0.1) is 6.92 Å². The summed E-state index contributed by atoms with van der Waals surface area (Å²) in [5.74, 6) is 1.51. The number of ether oxygens (including phenoxy) is 2. The fourth-order valence-corrected chi connectivity index (χ4v) is 6.16. The van der Waals surface area contributed by atoms with Gasteiger partial charge < -0.3 is 9.47 Å². The van der Waals surface area contributed by atoms with Crippen LogP contribution in [0.15, 0.2) is 29.2 Å². The van der Waals surface area contributed by atoms with Crippen LogP contribution in [0.25, 0.3) is 0 Å². The van der Waals surface area contributed by atoms with E-state index < -0.39 is 10.0 Å². The highest BCUT2D eigenvalue weighted by molar-refractivity contribution is 7.89. The molecule has 170 valence electrons. The molecule has 1 N–H and O–H groups in total. The molecule has 0 amide bonds. The van der Waals surface area contributed by atoms with Crippen LogP contribution < -0.4 is 14.2 Å². The van der Waals surface area contributed by atoms with Crippen LogP contribution in [0.4, 0.5) is 0 Å². The van der Waals surface area contributed by atoms with E-state index in [1.54, 1.807) is 27.2 Å². The molecule has 1 aliphatic rings. The van der Waals surface area contributed by atoms with Crippen LogP contribution in [0.5, 0.6) is 11.5 Å². The number of nitrogens with one attached hydrogen (secondary N) is 1. The molecule has 0 aliphatic carbocycles. The first-order valence-corrected chi connectivity index (χ1v) is 12.4. The fraction of sp³-hybridized carbons (Fsp3) is 0.455. The molecule has 1 heterocycles. The molecule has 2 aromatic rings. The maximum atomic E-state index is 12.6. The summed E-state index contributed by atoms with van der Waals surface area (Å²) in [4.78, 5) is 2.47. The zero-order valence-electron chi connectivity index (χ0n) is 18.0. The van der Waals surface area contributed by atoms with Crippen molar-refractivity contribution in [1.82, 2.24) is 9.62 Å². The van der Waals surface area contributed by atoms with Crippen LogP contribution in [0.3, 0.4) is 0 Å². The number of hydrogen-bond donors (Lipinski definition) is 1. The molecule has 9 heteroatoms. The van der Waals surface area contributed by atoms with Gasteiger partial charge in [0.1, 0.15) is 4.90 Å². The molecule has 0 saturated carbocycles. The normalized spacial score (nSPS) is 14.4. The number of nitrogens with zero attached hydrogens (tertiary/aromatic N) is 1.